The summed E-state index contributed by atoms with van der Waals surface area (Å²) in [6.45, 7) is 3.80. The highest BCUT2D eigenvalue weighted by Crippen LogP contribution is 2.34. The highest BCUT2D eigenvalue weighted by molar-refractivity contribution is 9.10. The van der Waals surface area contributed by atoms with Gasteiger partial charge < -0.3 is 5.32 Å². The van der Waals surface area contributed by atoms with Gasteiger partial charge in [0.25, 0.3) is 5.91 Å². The fourth-order valence-corrected chi connectivity index (χ4v) is 5.33. The Morgan fingerprint density at radius 2 is 1.96 bits per heavy atom. The van der Waals surface area contributed by atoms with Gasteiger partial charge >= 0.3 is 0 Å². The normalized spacial score (nSPS) is 17.7. The van der Waals surface area contributed by atoms with Gasteiger partial charge in [-0.15, -0.1) is 0 Å². The molecule has 1 N–H and O–H groups in total. The van der Waals surface area contributed by atoms with Crippen molar-refractivity contribution in [2.45, 2.75) is 32.4 Å². The largest absolute Gasteiger partial charge is 0.345 e. The van der Waals surface area contributed by atoms with Crippen molar-refractivity contribution in [3.63, 3.8) is 0 Å². The van der Waals surface area contributed by atoms with Gasteiger partial charge in [0.05, 0.1) is 18.0 Å². The minimum Gasteiger partial charge on any atom is -0.345 e. The summed E-state index contributed by atoms with van der Waals surface area (Å²) in [5.41, 5.74) is 3.07. The van der Waals surface area contributed by atoms with Crippen LogP contribution in [0.25, 0.3) is 0 Å². The fourth-order valence-electron chi connectivity index (χ4n) is 3.43. The number of fused-ring (bicyclic) bond motifs is 1. The molecule has 1 heterocycles. The average Bonchev–Trinajstić information content (AvgIpc) is 2.89. The molecule has 1 aliphatic heterocycles. The van der Waals surface area contributed by atoms with Gasteiger partial charge in [0.15, 0.2) is 0 Å². The van der Waals surface area contributed by atoms with Gasteiger partial charge in [0.2, 0.25) is 10.0 Å². The highest BCUT2D eigenvalue weighted by Gasteiger charge is 2.32. The summed E-state index contributed by atoms with van der Waals surface area (Å²) in [4.78, 5) is 12.6. The van der Waals surface area contributed by atoms with E-state index >= 15 is 0 Å². The summed E-state index contributed by atoms with van der Waals surface area (Å²) < 4.78 is 26.4. The van der Waals surface area contributed by atoms with Gasteiger partial charge in [0.1, 0.15) is 0 Å². The number of carbonyl (C=O) groups excluding carboxylic acids is 1. The zero-order valence-electron chi connectivity index (χ0n) is 14.9. The molecule has 2 atom stereocenters. The van der Waals surface area contributed by atoms with Crippen molar-refractivity contribution >= 4 is 37.5 Å². The summed E-state index contributed by atoms with van der Waals surface area (Å²) in [5, 5.41) is 3.00. The number of benzene rings is 2. The van der Waals surface area contributed by atoms with Crippen LogP contribution in [0.15, 0.2) is 46.9 Å². The molecule has 0 aliphatic carbocycles. The maximum Gasteiger partial charge on any atom is 0.251 e. The van der Waals surface area contributed by atoms with Crippen LogP contribution in [0.2, 0.25) is 0 Å². The third-order valence-corrected chi connectivity index (χ3v) is 6.56. The predicted octanol–water partition coefficient (Wildman–Crippen LogP) is 3.65. The molecule has 1 aliphatic rings. The van der Waals surface area contributed by atoms with Crippen LogP contribution < -0.4 is 9.62 Å². The lowest BCUT2D eigenvalue weighted by atomic mass is 10.0. The number of anilines is 1. The Morgan fingerprint density at radius 3 is 2.62 bits per heavy atom. The molecular weight excluding hydrogens is 416 g/mol. The molecule has 0 saturated carbocycles. The molecule has 0 spiro atoms. The summed E-state index contributed by atoms with van der Waals surface area (Å²) >= 11 is 3.50. The first-order chi connectivity index (χ1) is 12.2. The summed E-state index contributed by atoms with van der Waals surface area (Å²) in [7, 11) is -3.33. The van der Waals surface area contributed by atoms with E-state index in [-0.39, 0.29) is 18.0 Å². The fraction of sp³-hybridized carbons (Fsp3) is 0.316. The van der Waals surface area contributed by atoms with Gasteiger partial charge in [-0.05, 0) is 55.7 Å². The second-order valence-corrected chi connectivity index (χ2v) is 9.39. The van der Waals surface area contributed by atoms with Crippen molar-refractivity contribution < 1.29 is 13.2 Å². The third kappa shape index (κ3) is 3.64. The SMILES string of the molecule is C[C@@H](NC(=O)c1ccc2c(c1)C[C@H](C)N2S(C)(=O)=O)c1ccccc1Br. The number of nitrogens with one attached hydrogen (secondary N) is 1. The molecule has 3 rings (SSSR count). The first-order valence-corrected chi connectivity index (χ1v) is 11.0. The molecule has 2 aromatic carbocycles. The van der Waals surface area contributed by atoms with Crippen LogP contribution in [0.5, 0.6) is 0 Å². The molecule has 0 fully saturated rings. The summed E-state index contributed by atoms with van der Waals surface area (Å²) in [6.07, 6.45) is 1.81. The van der Waals surface area contributed by atoms with Gasteiger partial charge in [-0.2, -0.15) is 0 Å². The number of nitrogens with zero attached hydrogens (tertiary/aromatic N) is 1. The Kier molecular flexibility index (Phi) is 5.12. The molecule has 5 nitrogen and oxygen atoms in total. The minimum atomic E-state index is -3.33. The Hall–Kier alpha value is -1.86. The summed E-state index contributed by atoms with van der Waals surface area (Å²) in [5.74, 6) is -0.179. The quantitative estimate of drug-likeness (QED) is 0.794. The predicted molar refractivity (Wildman–Crippen MR) is 107 cm³/mol. The van der Waals surface area contributed by atoms with Crippen LogP contribution in [-0.2, 0) is 16.4 Å². The molecule has 0 aromatic heterocycles. The Morgan fingerprint density at radius 1 is 1.27 bits per heavy atom. The molecule has 138 valence electrons. The van der Waals surface area contributed by atoms with Crippen LogP contribution in [-0.4, -0.2) is 26.6 Å². The molecule has 26 heavy (non-hydrogen) atoms. The first kappa shape index (κ1) is 18.9. The standard InChI is InChI=1S/C19H21BrN2O3S/c1-12-10-15-11-14(8-9-18(15)22(12)26(3,24)25)19(23)21-13(2)16-6-4-5-7-17(16)20/h4-9,11-13H,10H2,1-3H3,(H,21,23)/t12-,13+/m0/s1. The molecule has 2 aromatic rings. The lowest BCUT2D eigenvalue weighted by molar-refractivity contribution is 0.0939. The maximum atomic E-state index is 12.6. The van der Waals surface area contributed by atoms with E-state index in [2.05, 4.69) is 21.2 Å². The minimum absolute atomic E-state index is 0.141. The van der Waals surface area contributed by atoms with Crippen LogP contribution in [0.3, 0.4) is 0 Å². The van der Waals surface area contributed by atoms with E-state index in [9.17, 15) is 13.2 Å². The lowest BCUT2D eigenvalue weighted by Gasteiger charge is -2.22. The van der Waals surface area contributed by atoms with Crippen molar-refractivity contribution in [2.24, 2.45) is 0 Å². The van der Waals surface area contributed by atoms with Crippen molar-refractivity contribution in [1.29, 1.82) is 0 Å². The molecule has 0 bridgehead atoms. The van der Waals surface area contributed by atoms with Gasteiger partial charge in [-0.3, -0.25) is 9.10 Å². The lowest BCUT2D eigenvalue weighted by Crippen LogP contribution is -2.34. The Balaban J connectivity index is 1.82. The van der Waals surface area contributed by atoms with E-state index in [1.807, 2.05) is 38.1 Å². The van der Waals surface area contributed by atoms with Crippen LogP contribution >= 0.6 is 15.9 Å². The van der Waals surface area contributed by atoms with Gasteiger partial charge in [-0.25, -0.2) is 8.42 Å². The number of carbonyl (C=O) groups is 1. The van der Waals surface area contributed by atoms with E-state index in [1.165, 1.54) is 10.6 Å². The topological polar surface area (TPSA) is 66.5 Å². The summed E-state index contributed by atoms with van der Waals surface area (Å²) in [6, 6.07) is 12.7. The Labute approximate surface area is 162 Å². The zero-order valence-corrected chi connectivity index (χ0v) is 17.3. The van der Waals surface area contributed by atoms with Crippen molar-refractivity contribution in [3.05, 3.63) is 63.6 Å². The van der Waals surface area contributed by atoms with Crippen LogP contribution in [0.4, 0.5) is 5.69 Å². The number of halogens is 1. The second-order valence-electron chi connectivity index (χ2n) is 6.67. The number of hydrogen-bond donors (Lipinski definition) is 1. The smallest absolute Gasteiger partial charge is 0.251 e. The van der Waals surface area contributed by atoms with E-state index in [0.29, 0.717) is 17.7 Å². The van der Waals surface area contributed by atoms with Crippen molar-refractivity contribution in [2.75, 3.05) is 10.6 Å². The average molecular weight is 437 g/mol. The number of hydrogen-bond acceptors (Lipinski definition) is 3. The van der Waals surface area contributed by atoms with E-state index < -0.39 is 10.0 Å². The third-order valence-electron chi connectivity index (χ3n) is 4.57. The number of amides is 1. The van der Waals surface area contributed by atoms with Crippen molar-refractivity contribution in [3.8, 4) is 0 Å². The van der Waals surface area contributed by atoms with E-state index in [1.54, 1.807) is 18.2 Å². The molecule has 0 unspecified atom stereocenters. The number of sulfonamides is 1. The van der Waals surface area contributed by atoms with Gasteiger partial charge in [0, 0.05) is 16.1 Å². The molecule has 1 amide bonds. The first-order valence-electron chi connectivity index (χ1n) is 8.36. The monoisotopic (exact) mass is 436 g/mol. The molecular formula is C19H21BrN2O3S. The molecule has 7 heteroatoms. The number of rotatable bonds is 4. The Bertz CT molecular complexity index is 959. The maximum absolute atomic E-state index is 12.6. The highest BCUT2D eigenvalue weighted by atomic mass is 79.9. The van der Waals surface area contributed by atoms with E-state index in [0.717, 1.165) is 15.6 Å². The van der Waals surface area contributed by atoms with E-state index in [4.69, 9.17) is 0 Å². The van der Waals surface area contributed by atoms with Crippen molar-refractivity contribution in [1.82, 2.24) is 5.32 Å². The van der Waals surface area contributed by atoms with Crippen LogP contribution in [0, 0.1) is 0 Å². The molecule has 0 radical (unpaired) electrons. The van der Waals surface area contributed by atoms with Gasteiger partial charge in [-0.1, -0.05) is 34.1 Å². The molecule has 0 saturated heterocycles. The second kappa shape index (κ2) is 7.04. The zero-order chi connectivity index (χ0) is 19.1. The van der Waals surface area contributed by atoms with Crippen LogP contribution in [0.1, 0.15) is 41.4 Å².